The zero-order valence-electron chi connectivity index (χ0n) is 12.7. The standard InChI is InChI=1S/C14H13F3N6O/c1-18-12-8(14(15,16)17)6-19-13(22-12)21-9-4-3-7-5-20-23-10(7)11(9)24-2/h3-6H,1-2H3,(H,20,23)(H2,18,19,21,22). The molecule has 0 radical (unpaired) electrons. The van der Waals surface area contributed by atoms with Crippen molar-refractivity contribution in [2.75, 3.05) is 24.8 Å². The van der Waals surface area contributed by atoms with Gasteiger partial charge in [-0.3, -0.25) is 5.10 Å². The first kappa shape index (κ1) is 15.8. The second-order valence-electron chi connectivity index (χ2n) is 4.81. The minimum atomic E-state index is -4.54. The van der Waals surface area contributed by atoms with Crippen molar-refractivity contribution in [1.82, 2.24) is 20.2 Å². The maximum Gasteiger partial charge on any atom is 0.421 e. The molecule has 0 spiro atoms. The molecule has 0 fully saturated rings. The van der Waals surface area contributed by atoms with Crippen LogP contribution in [-0.2, 0) is 6.18 Å². The Hall–Kier alpha value is -3.04. The molecule has 3 rings (SSSR count). The second-order valence-corrected chi connectivity index (χ2v) is 4.81. The number of fused-ring (bicyclic) bond motifs is 1. The number of benzene rings is 1. The van der Waals surface area contributed by atoms with Gasteiger partial charge in [-0.2, -0.15) is 23.3 Å². The van der Waals surface area contributed by atoms with Crippen molar-refractivity contribution in [3.05, 3.63) is 30.1 Å². The van der Waals surface area contributed by atoms with Gasteiger partial charge in [0, 0.05) is 18.6 Å². The van der Waals surface area contributed by atoms with E-state index in [0.717, 1.165) is 11.6 Å². The zero-order valence-corrected chi connectivity index (χ0v) is 12.7. The van der Waals surface area contributed by atoms with Gasteiger partial charge in [-0.15, -0.1) is 0 Å². The van der Waals surface area contributed by atoms with Gasteiger partial charge in [-0.1, -0.05) is 0 Å². The van der Waals surface area contributed by atoms with Crippen LogP contribution in [0.4, 0.5) is 30.6 Å². The van der Waals surface area contributed by atoms with Gasteiger partial charge in [0.25, 0.3) is 0 Å². The van der Waals surface area contributed by atoms with Gasteiger partial charge in [0.05, 0.1) is 19.0 Å². The van der Waals surface area contributed by atoms with Crippen molar-refractivity contribution >= 4 is 28.4 Å². The highest BCUT2D eigenvalue weighted by atomic mass is 19.4. The van der Waals surface area contributed by atoms with Crippen LogP contribution in [0.15, 0.2) is 24.5 Å². The molecule has 3 N–H and O–H groups in total. The van der Waals surface area contributed by atoms with E-state index < -0.39 is 11.7 Å². The van der Waals surface area contributed by atoms with Crippen LogP contribution in [0.5, 0.6) is 5.75 Å². The number of hydrogen-bond acceptors (Lipinski definition) is 6. The van der Waals surface area contributed by atoms with Crippen LogP contribution in [0.1, 0.15) is 5.56 Å². The van der Waals surface area contributed by atoms with E-state index in [9.17, 15) is 13.2 Å². The predicted octanol–water partition coefficient (Wildman–Crippen LogP) is 3.17. The number of aromatic nitrogens is 4. The summed E-state index contributed by atoms with van der Waals surface area (Å²) >= 11 is 0. The van der Waals surface area contributed by atoms with E-state index in [2.05, 4.69) is 30.8 Å². The van der Waals surface area contributed by atoms with Crippen molar-refractivity contribution in [2.24, 2.45) is 0 Å². The smallest absolute Gasteiger partial charge is 0.421 e. The first-order valence-electron chi connectivity index (χ1n) is 6.83. The second kappa shape index (κ2) is 5.87. The molecule has 0 atom stereocenters. The highest BCUT2D eigenvalue weighted by Gasteiger charge is 2.35. The van der Waals surface area contributed by atoms with E-state index in [0.29, 0.717) is 17.0 Å². The van der Waals surface area contributed by atoms with Crippen LogP contribution in [0, 0.1) is 0 Å². The maximum absolute atomic E-state index is 12.9. The minimum absolute atomic E-state index is 0.00418. The summed E-state index contributed by atoms with van der Waals surface area (Å²) in [7, 11) is 2.84. The Kier molecular flexibility index (Phi) is 3.87. The SMILES string of the molecule is CNc1nc(Nc2ccc3cn[nH]c3c2OC)ncc1C(F)(F)F. The van der Waals surface area contributed by atoms with Crippen LogP contribution in [0.3, 0.4) is 0 Å². The molecule has 0 aliphatic rings. The molecule has 0 saturated heterocycles. The number of alkyl halides is 3. The van der Waals surface area contributed by atoms with Gasteiger partial charge in [-0.25, -0.2) is 4.98 Å². The quantitative estimate of drug-likeness (QED) is 0.677. The number of methoxy groups -OCH3 is 1. The third-order valence-electron chi connectivity index (χ3n) is 3.35. The first-order valence-corrected chi connectivity index (χ1v) is 6.83. The molecular weight excluding hydrogens is 325 g/mol. The van der Waals surface area contributed by atoms with Crippen molar-refractivity contribution < 1.29 is 17.9 Å². The van der Waals surface area contributed by atoms with Crippen molar-refractivity contribution in [1.29, 1.82) is 0 Å². The molecule has 0 saturated carbocycles. The summed E-state index contributed by atoms with van der Waals surface area (Å²) in [5.74, 6) is 0.144. The molecule has 1 aromatic carbocycles. The van der Waals surface area contributed by atoms with Crippen molar-refractivity contribution in [2.45, 2.75) is 6.18 Å². The highest BCUT2D eigenvalue weighted by molar-refractivity contribution is 5.90. The highest BCUT2D eigenvalue weighted by Crippen LogP contribution is 2.36. The van der Waals surface area contributed by atoms with Gasteiger partial charge in [0.2, 0.25) is 5.95 Å². The van der Waals surface area contributed by atoms with Crippen LogP contribution >= 0.6 is 0 Å². The molecule has 10 heteroatoms. The molecule has 2 heterocycles. The molecule has 126 valence electrons. The molecule has 0 aliphatic carbocycles. The Morgan fingerprint density at radius 1 is 1.21 bits per heavy atom. The van der Waals surface area contributed by atoms with E-state index in [-0.39, 0.29) is 11.8 Å². The average molecular weight is 338 g/mol. The monoisotopic (exact) mass is 338 g/mol. The van der Waals surface area contributed by atoms with Gasteiger partial charge >= 0.3 is 6.18 Å². The molecule has 7 nitrogen and oxygen atoms in total. The lowest BCUT2D eigenvalue weighted by Crippen LogP contribution is -2.12. The molecular formula is C14H13F3N6O. The summed E-state index contributed by atoms with van der Waals surface area (Å²) in [6.07, 6.45) is -2.18. The largest absolute Gasteiger partial charge is 0.492 e. The van der Waals surface area contributed by atoms with Crippen LogP contribution in [0.25, 0.3) is 10.9 Å². The van der Waals surface area contributed by atoms with E-state index in [4.69, 9.17) is 4.74 Å². The number of ether oxygens (including phenoxy) is 1. The number of rotatable bonds is 4. The lowest BCUT2D eigenvalue weighted by atomic mass is 10.2. The lowest BCUT2D eigenvalue weighted by Gasteiger charge is -2.14. The van der Waals surface area contributed by atoms with E-state index >= 15 is 0 Å². The Bertz CT molecular complexity index is 877. The third kappa shape index (κ3) is 2.77. The number of anilines is 3. The van der Waals surface area contributed by atoms with Gasteiger partial charge in [0.15, 0.2) is 5.75 Å². The summed E-state index contributed by atoms with van der Waals surface area (Å²) in [6, 6.07) is 3.49. The van der Waals surface area contributed by atoms with E-state index in [1.54, 1.807) is 18.3 Å². The number of nitrogens with one attached hydrogen (secondary N) is 3. The summed E-state index contributed by atoms with van der Waals surface area (Å²) in [5, 5.41) is 12.8. The van der Waals surface area contributed by atoms with Crippen LogP contribution < -0.4 is 15.4 Å². The summed E-state index contributed by atoms with van der Waals surface area (Å²) in [5.41, 5.74) is 0.214. The van der Waals surface area contributed by atoms with Crippen LogP contribution in [0.2, 0.25) is 0 Å². The summed E-state index contributed by atoms with van der Waals surface area (Å²) in [6.45, 7) is 0. The fraction of sp³-hybridized carbons (Fsp3) is 0.214. The minimum Gasteiger partial charge on any atom is -0.492 e. The van der Waals surface area contributed by atoms with E-state index in [1.807, 2.05) is 0 Å². The lowest BCUT2D eigenvalue weighted by molar-refractivity contribution is -0.137. The summed E-state index contributed by atoms with van der Waals surface area (Å²) in [4.78, 5) is 7.59. The van der Waals surface area contributed by atoms with Crippen molar-refractivity contribution in [3.8, 4) is 5.75 Å². The molecule has 0 unspecified atom stereocenters. The van der Waals surface area contributed by atoms with Gasteiger partial charge in [0.1, 0.15) is 16.9 Å². The molecule has 0 bridgehead atoms. The normalized spacial score (nSPS) is 11.5. The summed E-state index contributed by atoms with van der Waals surface area (Å²) < 4.78 is 44.0. The molecule has 0 amide bonds. The topological polar surface area (TPSA) is 87.8 Å². The molecule has 24 heavy (non-hydrogen) atoms. The van der Waals surface area contributed by atoms with Crippen LogP contribution in [-0.4, -0.2) is 34.3 Å². The number of aromatic amines is 1. The van der Waals surface area contributed by atoms with Gasteiger partial charge < -0.3 is 15.4 Å². The fourth-order valence-corrected chi connectivity index (χ4v) is 2.26. The Labute approximate surface area is 134 Å². The number of halogens is 3. The van der Waals surface area contributed by atoms with Gasteiger partial charge in [-0.05, 0) is 12.1 Å². The van der Waals surface area contributed by atoms with E-state index in [1.165, 1.54) is 14.2 Å². The van der Waals surface area contributed by atoms with Crippen molar-refractivity contribution in [3.63, 3.8) is 0 Å². The Morgan fingerprint density at radius 3 is 2.67 bits per heavy atom. The molecule has 3 aromatic rings. The number of H-pyrrole nitrogens is 1. The predicted molar refractivity (Wildman–Crippen MR) is 82.5 cm³/mol. The maximum atomic E-state index is 12.9. The number of hydrogen-bond donors (Lipinski definition) is 3. The number of nitrogens with zero attached hydrogens (tertiary/aromatic N) is 3. The Morgan fingerprint density at radius 2 is 2.00 bits per heavy atom. The third-order valence-corrected chi connectivity index (χ3v) is 3.35. The Balaban J connectivity index is 2.00. The molecule has 0 aliphatic heterocycles. The molecule has 2 aromatic heterocycles. The average Bonchev–Trinajstić information content (AvgIpc) is 3.02. The zero-order chi connectivity index (χ0) is 17.3. The fourth-order valence-electron chi connectivity index (χ4n) is 2.26. The first-order chi connectivity index (χ1) is 11.4.